The van der Waals surface area contributed by atoms with Gasteiger partial charge in [-0.05, 0) is 58.0 Å². The van der Waals surface area contributed by atoms with Gasteiger partial charge in [0.2, 0.25) is 5.95 Å². The molecule has 1 aliphatic heterocycles. The van der Waals surface area contributed by atoms with Crippen LogP contribution in [0.3, 0.4) is 0 Å². The molecule has 1 atom stereocenters. The summed E-state index contributed by atoms with van der Waals surface area (Å²) in [4.78, 5) is 25.3. The molecule has 1 saturated heterocycles. The van der Waals surface area contributed by atoms with E-state index in [-0.39, 0.29) is 41.2 Å². The number of hydrogen-bond donors (Lipinski definition) is 5. The van der Waals surface area contributed by atoms with Crippen LogP contribution in [0.25, 0.3) is 22.2 Å². The van der Waals surface area contributed by atoms with Crippen LogP contribution in [0.5, 0.6) is 0 Å². The lowest BCUT2D eigenvalue weighted by Gasteiger charge is -2.40. The van der Waals surface area contributed by atoms with Crippen LogP contribution in [-0.2, 0) is 17.4 Å². The Balaban J connectivity index is 0.000000543. The van der Waals surface area contributed by atoms with Crippen LogP contribution in [0, 0.1) is 24.5 Å². The van der Waals surface area contributed by atoms with E-state index in [1.54, 1.807) is 11.8 Å². The average Bonchev–Trinajstić information content (AvgIpc) is 2.97. The van der Waals surface area contributed by atoms with Gasteiger partial charge in [0.25, 0.3) is 0 Å². The minimum Gasteiger partial charge on any atom is -0.481 e. The van der Waals surface area contributed by atoms with E-state index in [4.69, 9.17) is 22.3 Å². The number of rotatable bonds is 9. The molecule has 49 heavy (non-hydrogen) atoms. The van der Waals surface area contributed by atoms with Gasteiger partial charge in [0.05, 0.1) is 28.8 Å². The number of fused-ring (bicyclic) bond motifs is 1. The van der Waals surface area contributed by atoms with Crippen molar-refractivity contribution in [2.45, 2.75) is 78.2 Å². The number of nitrogens with zero attached hydrogens (tertiary/aromatic N) is 4. The zero-order valence-corrected chi connectivity index (χ0v) is 27.8. The van der Waals surface area contributed by atoms with Crippen LogP contribution >= 0.6 is 0 Å². The van der Waals surface area contributed by atoms with Gasteiger partial charge in [-0.15, -0.1) is 0 Å². The number of carboxylic acid groups (broad SMARTS) is 1. The molecule has 0 aliphatic carbocycles. The number of anilines is 3. The number of pyridine rings is 1. The number of benzene rings is 1. The zero-order valence-electron chi connectivity index (χ0n) is 27.8. The summed E-state index contributed by atoms with van der Waals surface area (Å²) in [6.45, 7) is 7.18. The minimum absolute atomic E-state index is 0.0400. The molecule has 10 nitrogen and oxygen atoms in total. The molecule has 3 aromatic rings. The quantitative estimate of drug-likeness (QED) is 0.0976. The monoisotopic (exact) mass is 710 g/mol. The highest BCUT2D eigenvalue weighted by Gasteiger charge is 2.39. The maximum absolute atomic E-state index is 15.9. The van der Waals surface area contributed by atoms with Crippen LogP contribution in [0.2, 0.25) is 0 Å². The Morgan fingerprint density at radius 2 is 1.71 bits per heavy atom. The molecule has 1 fully saturated rings. The Morgan fingerprint density at radius 3 is 2.14 bits per heavy atom. The van der Waals surface area contributed by atoms with E-state index in [0.717, 1.165) is 40.3 Å². The smallest absolute Gasteiger partial charge is 0.417 e. The molecule has 4 rings (SSSR count). The molecule has 18 heteroatoms. The van der Waals surface area contributed by atoms with Crippen molar-refractivity contribution in [3.05, 3.63) is 34.5 Å². The van der Waals surface area contributed by atoms with Gasteiger partial charge in [-0.1, -0.05) is 27.2 Å². The second kappa shape index (κ2) is 17.0. The number of nitrogen functional groups attached to an aromatic ring is 2. The molecule has 3 heterocycles. The zero-order chi connectivity index (χ0) is 37.4. The largest absolute Gasteiger partial charge is 0.481 e. The van der Waals surface area contributed by atoms with Crippen molar-refractivity contribution in [2.24, 2.45) is 11.7 Å². The van der Waals surface area contributed by atoms with Gasteiger partial charge in [0.1, 0.15) is 22.8 Å². The topological polar surface area (TPSA) is 169 Å². The highest BCUT2D eigenvalue weighted by molar-refractivity contribution is 5.94. The first-order chi connectivity index (χ1) is 22.7. The molecule has 8 N–H and O–H groups in total. The van der Waals surface area contributed by atoms with Crippen molar-refractivity contribution in [3.8, 4) is 11.3 Å². The Kier molecular flexibility index (Phi) is 14.3. The fourth-order valence-corrected chi connectivity index (χ4v) is 4.75. The SMILES string of the molecule is CC(C)C(F)(F)F.CCCc1nc(-c2cc(N)c(F)c(C)c2C(F)(F)F)c(F)c2nc(N3CCC3CC(=O)O)nc(N)c12.CNCCCN. The van der Waals surface area contributed by atoms with Crippen LogP contribution < -0.4 is 27.4 Å². The van der Waals surface area contributed by atoms with E-state index >= 15 is 4.39 Å². The summed E-state index contributed by atoms with van der Waals surface area (Å²) in [6, 6.07) is 0.275. The number of aliphatic carboxylic acids is 1. The predicted octanol–water partition coefficient (Wildman–Crippen LogP) is 6.23. The molecule has 274 valence electrons. The Bertz CT molecular complexity index is 1600. The summed E-state index contributed by atoms with van der Waals surface area (Å²) in [7, 11) is 1.93. The van der Waals surface area contributed by atoms with E-state index in [0.29, 0.717) is 25.5 Å². The lowest BCUT2D eigenvalue weighted by Crippen LogP contribution is -2.49. The second-order valence-electron chi connectivity index (χ2n) is 11.6. The molecule has 2 aromatic heterocycles. The first kappa shape index (κ1) is 41.1. The first-order valence-corrected chi connectivity index (χ1v) is 15.4. The number of aryl methyl sites for hydroxylation is 1. The molecule has 1 aliphatic rings. The summed E-state index contributed by atoms with van der Waals surface area (Å²) in [6.07, 6.45) is -6.88. The summed E-state index contributed by atoms with van der Waals surface area (Å²) in [5.74, 6) is -4.87. The Hall–Kier alpha value is -4.06. The van der Waals surface area contributed by atoms with Crippen molar-refractivity contribution in [1.29, 1.82) is 0 Å². The highest BCUT2D eigenvalue weighted by atomic mass is 19.4. The van der Waals surface area contributed by atoms with Crippen LogP contribution in [0.15, 0.2) is 6.07 Å². The maximum atomic E-state index is 15.9. The average molecular weight is 711 g/mol. The third-order valence-corrected chi connectivity index (χ3v) is 7.53. The number of halogens is 8. The lowest BCUT2D eigenvalue weighted by molar-refractivity contribution is -0.164. The van der Waals surface area contributed by atoms with Crippen molar-refractivity contribution >= 4 is 34.3 Å². The van der Waals surface area contributed by atoms with E-state index in [2.05, 4.69) is 20.3 Å². The van der Waals surface area contributed by atoms with Crippen LogP contribution in [-0.4, -0.2) is 64.9 Å². The highest BCUT2D eigenvalue weighted by Crippen LogP contribution is 2.43. The molecule has 0 saturated carbocycles. The van der Waals surface area contributed by atoms with Gasteiger partial charge in [-0.25, -0.2) is 18.7 Å². The minimum atomic E-state index is -5.03. The first-order valence-electron chi connectivity index (χ1n) is 15.4. The van der Waals surface area contributed by atoms with E-state index in [1.165, 1.54) is 0 Å². The third-order valence-electron chi connectivity index (χ3n) is 7.53. The number of carbonyl (C=O) groups is 1. The van der Waals surface area contributed by atoms with Crippen LogP contribution in [0.1, 0.15) is 63.3 Å². The van der Waals surface area contributed by atoms with Crippen molar-refractivity contribution in [3.63, 3.8) is 0 Å². The van der Waals surface area contributed by atoms with Gasteiger partial charge in [-0.3, -0.25) is 4.79 Å². The van der Waals surface area contributed by atoms with E-state index in [9.17, 15) is 35.5 Å². The number of aromatic nitrogens is 3. The van der Waals surface area contributed by atoms with Gasteiger partial charge in [0, 0.05) is 24.1 Å². The molecule has 1 aromatic carbocycles. The third kappa shape index (κ3) is 10.2. The number of nitrogens with one attached hydrogen (secondary N) is 1. The van der Waals surface area contributed by atoms with Gasteiger partial charge >= 0.3 is 18.3 Å². The number of carboxylic acids is 1. The maximum Gasteiger partial charge on any atom is 0.417 e. The molecule has 0 spiro atoms. The van der Waals surface area contributed by atoms with Crippen molar-refractivity contribution in [1.82, 2.24) is 20.3 Å². The van der Waals surface area contributed by atoms with Crippen molar-refractivity contribution in [2.75, 3.05) is 43.0 Å². The molecular weight excluding hydrogens is 668 g/mol. The summed E-state index contributed by atoms with van der Waals surface area (Å²) >= 11 is 0. The van der Waals surface area contributed by atoms with Gasteiger partial charge in [0.15, 0.2) is 5.82 Å². The summed E-state index contributed by atoms with van der Waals surface area (Å²) in [5.41, 5.74) is 12.5. The molecule has 0 amide bonds. The van der Waals surface area contributed by atoms with Crippen LogP contribution in [0.4, 0.5) is 52.6 Å². The summed E-state index contributed by atoms with van der Waals surface area (Å²) < 4.78 is 106. The van der Waals surface area contributed by atoms with Crippen molar-refractivity contribution < 1.29 is 45.0 Å². The van der Waals surface area contributed by atoms with E-state index < -0.39 is 70.0 Å². The van der Waals surface area contributed by atoms with Gasteiger partial charge in [-0.2, -0.15) is 31.3 Å². The fraction of sp³-hybridized carbons (Fsp3) is 0.548. The normalized spacial score (nSPS) is 14.6. The standard InChI is InChI=1S/C23H23F5N6O2.C4H7F3.C4H12N2/c1-3-4-13-15-20(32-22(33-21(15)30)34-6-5-10(34)7-14(35)36)18(25)19(31-13)11-8-12(29)17(24)9(2)16(11)23(26,27)28;1-3(2)4(5,6)7;1-6-4-2-3-5/h8,10H,3-7,29H2,1-2H3,(H,35,36)(H2,30,32,33);3H,1-2H3;6H,2-5H2,1H3. The van der Waals surface area contributed by atoms with E-state index in [1.807, 2.05) is 7.05 Å². The second-order valence-corrected chi connectivity index (χ2v) is 11.6. The number of hydrogen-bond acceptors (Lipinski definition) is 9. The Morgan fingerprint density at radius 1 is 1.10 bits per heavy atom. The molecule has 0 bridgehead atoms. The van der Waals surface area contributed by atoms with Gasteiger partial charge < -0.3 is 32.5 Å². The number of alkyl halides is 6. The number of nitrogens with two attached hydrogens (primary N) is 3. The fourth-order valence-electron chi connectivity index (χ4n) is 4.75. The molecule has 0 radical (unpaired) electrons. The predicted molar refractivity (Wildman–Crippen MR) is 172 cm³/mol. The Labute approximate surface area is 278 Å². The summed E-state index contributed by atoms with van der Waals surface area (Å²) in [5, 5.41) is 12.2. The molecular formula is C31H42F8N8O2. The lowest BCUT2D eigenvalue weighted by atomic mass is 9.95. The molecule has 1 unspecified atom stereocenters.